The number of benzene rings is 1. The molecule has 0 spiro atoms. The monoisotopic (exact) mass is 265 g/mol. The van der Waals surface area contributed by atoms with Crippen molar-refractivity contribution in [1.29, 1.82) is 0 Å². The fourth-order valence-electron chi connectivity index (χ4n) is 1.30. The quantitative estimate of drug-likeness (QED) is 0.826. The van der Waals surface area contributed by atoms with Gasteiger partial charge in [0.25, 0.3) is 5.56 Å². The minimum atomic E-state index is -0.372. The highest BCUT2D eigenvalue weighted by atomic mass is 79.9. The molecule has 0 saturated carbocycles. The number of nitrogens with one attached hydrogen (secondary N) is 1. The Morgan fingerprint density at radius 3 is 2.73 bits per heavy atom. The van der Waals surface area contributed by atoms with Gasteiger partial charge in [-0.2, -0.15) is 5.10 Å². The molecule has 4 nitrogen and oxygen atoms in total. The summed E-state index contributed by atoms with van der Waals surface area (Å²) in [6, 6.07) is 7.53. The minimum Gasteiger partial charge on any atom is -0.394 e. The van der Waals surface area contributed by atoms with Crippen LogP contribution in [0.1, 0.15) is 0 Å². The molecule has 0 fully saturated rings. The van der Waals surface area contributed by atoms with Crippen molar-refractivity contribution in [3.63, 3.8) is 0 Å². The lowest BCUT2D eigenvalue weighted by atomic mass is 10.1. The van der Waals surface area contributed by atoms with Gasteiger partial charge in [-0.3, -0.25) is 4.79 Å². The van der Waals surface area contributed by atoms with E-state index in [4.69, 9.17) is 5.73 Å². The number of hydrogen-bond acceptors (Lipinski definition) is 3. The molecule has 0 aliphatic rings. The molecule has 0 amide bonds. The number of aromatic nitrogens is 2. The number of H-pyrrole nitrogens is 1. The van der Waals surface area contributed by atoms with Gasteiger partial charge in [0, 0.05) is 10.0 Å². The van der Waals surface area contributed by atoms with Gasteiger partial charge in [-0.05, 0) is 11.6 Å². The lowest BCUT2D eigenvalue weighted by Crippen LogP contribution is -2.14. The van der Waals surface area contributed by atoms with Crippen LogP contribution < -0.4 is 11.3 Å². The molecule has 0 aliphatic heterocycles. The Kier molecular flexibility index (Phi) is 2.55. The van der Waals surface area contributed by atoms with Crippen LogP contribution in [-0.2, 0) is 0 Å². The third kappa shape index (κ3) is 1.78. The molecule has 76 valence electrons. The average Bonchev–Trinajstić information content (AvgIpc) is 2.23. The second kappa shape index (κ2) is 3.86. The van der Waals surface area contributed by atoms with E-state index >= 15 is 0 Å². The standard InChI is InChI=1S/C10H8BrN3O/c11-8-4-2-1-3-6(8)7-5-13-14-10(15)9(7)12/h1-5H,(H2,12,13)(H,14,15). The second-order valence-corrected chi connectivity index (χ2v) is 3.86. The average molecular weight is 266 g/mol. The normalized spacial score (nSPS) is 10.2. The third-order valence-corrected chi connectivity index (χ3v) is 2.75. The maximum Gasteiger partial charge on any atom is 0.287 e. The Hall–Kier alpha value is -1.62. The Morgan fingerprint density at radius 2 is 2.00 bits per heavy atom. The summed E-state index contributed by atoms with van der Waals surface area (Å²) in [4.78, 5) is 11.3. The van der Waals surface area contributed by atoms with E-state index < -0.39 is 0 Å². The summed E-state index contributed by atoms with van der Waals surface area (Å²) in [5.74, 6) is 0. The van der Waals surface area contributed by atoms with E-state index in [0.29, 0.717) is 5.56 Å². The SMILES string of the molecule is Nc1c(-c2ccccc2Br)cn[nH]c1=O. The van der Waals surface area contributed by atoms with Crippen LogP contribution in [0, 0.1) is 0 Å². The molecule has 1 heterocycles. The number of nitrogens with zero attached hydrogens (tertiary/aromatic N) is 1. The number of nitrogen functional groups attached to an aromatic ring is 1. The Balaban J connectivity index is 2.70. The Bertz CT molecular complexity index is 550. The number of hydrogen-bond donors (Lipinski definition) is 2. The van der Waals surface area contributed by atoms with Gasteiger partial charge in [0.05, 0.1) is 6.20 Å². The molecule has 3 N–H and O–H groups in total. The fraction of sp³-hybridized carbons (Fsp3) is 0. The Labute approximate surface area is 94.3 Å². The van der Waals surface area contributed by atoms with Gasteiger partial charge < -0.3 is 5.73 Å². The molecule has 0 bridgehead atoms. The predicted octanol–water partition coefficient (Wildman–Crippen LogP) is 1.78. The van der Waals surface area contributed by atoms with E-state index in [-0.39, 0.29) is 11.2 Å². The maximum atomic E-state index is 11.3. The molecule has 0 unspecified atom stereocenters. The fourth-order valence-corrected chi connectivity index (χ4v) is 1.80. The molecular formula is C10H8BrN3O. The van der Waals surface area contributed by atoms with Crippen LogP contribution in [0.4, 0.5) is 5.69 Å². The van der Waals surface area contributed by atoms with Crippen molar-refractivity contribution in [2.45, 2.75) is 0 Å². The summed E-state index contributed by atoms with van der Waals surface area (Å²) >= 11 is 3.40. The summed E-state index contributed by atoms with van der Waals surface area (Å²) in [6.45, 7) is 0. The maximum absolute atomic E-state index is 11.3. The number of nitrogens with two attached hydrogens (primary N) is 1. The van der Waals surface area contributed by atoms with Crippen LogP contribution in [0.5, 0.6) is 0 Å². The lowest BCUT2D eigenvalue weighted by Gasteiger charge is -2.05. The highest BCUT2D eigenvalue weighted by molar-refractivity contribution is 9.10. The summed E-state index contributed by atoms with van der Waals surface area (Å²) in [5.41, 5.74) is 6.97. The first-order valence-electron chi connectivity index (χ1n) is 4.28. The molecule has 0 atom stereocenters. The first kappa shape index (κ1) is 9.92. The zero-order valence-corrected chi connectivity index (χ0v) is 9.28. The molecule has 1 aromatic carbocycles. The molecular weight excluding hydrogens is 258 g/mol. The van der Waals surface area contributed by atoms with Crippen molar-refractivity contribution in [1.82, 2.24) is 10.2 Å². The van der Waals surface area contributed by atoms with E-state index in [1.807, 2.05) is 24.3 Å². The second-order valence-electron chi connectivity index (χ2n) is 3.01. The van der Waals surface area contributed by atoms with E-state index in [0.717, 1.165) is 10.0 Å². The molecule has 0 radical (unpaired) electrons. The largest absolute Gasteiger partial charge is 0.394 e. The number of anilines is 1. The van der Waals surface area contributed by atoms with Gasteiger partial charge in [0.2, 0.25) is 0 Å². The third-order valence-electron chi connectivity index (χ3n) is 2.06. The molecule has 0 aliphatic carbocycles. The van der Waals surface area contributed by atoms with Crippen LogP contribution in [0.2, 0.25) is 0 Å². The van der Waals surface area contributed by atoms with E-state index in [1.54, 1.807) is 0 Å². The van der Waals surface area contributed by atoms with Crippen LogP contribution in [0.15, 0.2) is 39.7 Å². The van der Waals surface area contributed by atoms with E-state index in [1.165, 1.54) is 6.20 Å². The lowest BCUT2D eigenvalue weighted by molar-refractivity contribution is 0.995. The molecule has 2 aromatic rings. The summed E-state index contributed by atoms with van der Waals surface area (Å²) in [7, 11) is 0. The number of aromatic amines is 1. The molecule has 15 heavy (non-hydrogen) atoms. The molecule has 1 aromatic heterocycles. The molecule has 0 saturated heterocycles. The topological polar surface area (TPSA) is 71.8 Å². The van der Waals surface area contributed by atoms with E-state index in [2.05, 4.69) is 26.1 Å². The predicted molar refractivity (Wildman–Crippen MR) is 62.4 cm³/mol. The molecule has 5 heteroatoms. The molecule has 2 rings (SSSR count). The Morgan fingerprint density at radius 1 is 1.27 bits per heavy atom. The van der Waals surface area contributed by atoms with E-state index in [9.17, 15) is 4.79 Å². The van der Waals surface area contributed by atoms with Crippen molar-refractivity contribution in [2.75, 3.05) is 5.73 Å². The zero-order valence-electron chi connectivity index (χ0n) is 7.70. The summed E-state index contributed by atoms with van der Waals surface area (Å²) in [5, 5.41) is 6.01. The van der Waals surface area contributed by atoms with Crippen LogP contribution in [0.25, 0.3) is 11.1 Å². The minimum absolute atomic E-state index is 0.178. The van der Waals surface area contributed by atoms with Gasteiger partial charge in [0.15, 0.2) is 0 Å². The van der Waals surface area contributed by atoms with Crippen LogP contribution in [0.3, 0.4) is 0 Å². The van der Waals surface area contributed by atoms with Gasteiger partial charge in [-0.1, -0.05) is 34.1 Å². The van der Waals surface area contributed by atoms with Gasteiger partial charge >= 0.3 is 0 Å². The van der Waals surface area contributed by atoms with Crippen molar-refractivity contribution >= 4 is 21.6 Å². The van der Waals surface area contributed by atoms with Crippen molar-refractivity contribution < 1.29 is 0 Å². The zero-order chi connectivity index (χ0) is 10.8. The highest BCUT2D eigenvalue weighted by Gasteiger charge is 2.08. The highest BCUT2D eigenvalue weighted by Crippen LogP contribution is 2.29. The number of halogens is 1. The smallest absolute Gasteiger partial charge is 0.287 e. The van der Waals surface area contributed by atoms with Gasteiger partial charge in [-0.25, -0.2) is 5.10 Å². The summed E-state index contributed by atoms with van der Waals surface area (Å²) < 4.78 is 0.879. The first-order chi connectivity index (χ1) is 7.20. The van der Waals surface area contributed by atoms with Crippen molar-refractivity contribution in [3.05, 3.63) is 45.3 Å². The summed E-state index contributed by atoms with van der Waals surface area (Å²) in [6.07, 6.45) is 1.54. The van der Waals surface area contributed by atoms with Crippen molar-refractivity contribution in [3.8, 4) is 11.1 Å². The number of rotatable bonds is 1. The van der Waals surface area contributed by atoms with Gasteiger partial charge in [0.1, 0.15) is 5.69 Å². The van der Waals surface area contributed by atoms with Crippen LogP contribution in [-0.4, -0.2) is 10.2 Å². The first-order valence-corrected chi connectivity index (χ1v) is 5.07. The van der Waals surface area contributed by atoms with Crippen LogP contribution >= 0.6 is 15.9 Å². The van der Waals surface area contributed by atoms with Crippen molar-refractivity contribution in [2.24, 2.45) is 0 Å². The van der Waals surface area contributed by atoms with Gasteiger partial charge in [-0.15, -0.1) is 0 Å².